The van der Waals surface area contributed by atoms with Crippen molar-refractivity contribution in [3.63, 3.8) is 0 Å². The van der Waals surface area contributed by atoms with Gasteiger partial charge in [0.15, 0.2) is 0 Å². The second kappa shape index (κ2) is 10.0. The Labute approximate surface area is 213 Å². The molecule has 192 valence electrons. The summed E-state index contributed by atoms with van der Waals surface area (Å²) in [6.07, 6.45) is -1.63. The number of para-hydroxylation sites is 1. The van der Waals surface area contributed by atoms with Gasteiger partial charge in [0.2, 0.25) is 21.9 Å². The van der Waals surface area contributed by atoms with Crippen molar-refractivity contribution in [3.8, 4) is 11.8 Å². The van der Waals surface area contributed by atoms with Crippen LogP contribution in [0.1, 0.15) is 35.8 Å². The molecule has 11 nitrogen and oxygen atoms in total. The number of unbranched alkanes of at least 4 members (excludes halogenated alkanes) is 1. The van der Waals surface area contributed by atoms with Gasteiger partial charge < -0.3 is 14.0 Å². The van der Waals surface area contributed by atoms with E-state index in [1.807, 2.05) is 13.0 Å². The first-order valence-electron chi connectivity index (χ1n) is 11.4. The number of aryl methyl sites for hydroxylation is 1. The zero-order valence-corrected chi connectivity index (χ0v) is 21.2. The number of sulfonamides is 1. The van der Waals surface area contributed by atoms with Crippen LogP contribution in [-0.4, -0.2) is 50.5 Å². The molecule has 1 N–H and O–H groups in total. The molecule has 1 fully saturated rings. The Kier molecular flexibility index (Phi) is 7.02. The van der Waals surface area contributed by atoms with Gasteiger partial charge in [-0.2, -0.15) is 5.26 Å². The maximum atomic E-state index is 13.4. The summed E-state index contributed by atoms with van der Waals surface area (Å²) in [7, 11) is -1.09. The van der Waals surface area contributed by atoms with Crippen molar-refractivity contribution in [2.75, 3.05) is 18.6 Å². The molecule has 1 aliphatic rings. The molecule has 37 heavy (non-hydrogen) atoms. The number of fused-ring (bicyclic) bond motifs is 1. The highest BCUT2D eigenvalue weighted by Gasteiger charge is 2.48. The average Bonchev–Trinajstić information content (AvgIpc) is 3.35. The molecule has 3 aromatic rings. The van der Waals surface area contributed by atoms with E-state index in [0.29, 0.717) is 22.2 Å². The van der Waals surface area contributed by atoms with Crippen LogP contribution in [0.3, 0.4) is 0 Å². The number of benzene rings is 2. The third kappa shape index (κ3) is 4.43. The van der Waals surface area contributed by atoms with Gasteiger partial charge in [-0.3, -0.25) is 9.59 Å². The Balaban J connectivity index is 1.73. The number of Topliss-reactive ketones (excluding diaryl/α,β-unsaturated/α-hetero) is 1. The van der Waals surface area contributed by atoms with Crippen LogP contribution in [0, 0.1) is 11.3 Å². The molecule has 1 saturated heterocycles. The van der Waals surface area contributed by atoms with Crippen molar-refractivity contribution < 1.29 is 32.3 Å². The van der Waals surface area contributed by atoms with Gasteiger partial charge in [-0.25, -0.2) is 22.8 Å². The molecule has 0 spiro atoms. The predicted octanol–water partition coefficient (Wildman–Crippen LogP) is 2.87. The number of nitriles is 1. The molecule has 1 aliphatic heterocycles. The summed E-state index contributed by atoms with van der Waals surface area (Å²) in [5.74, 6) is -1.88. The summed E-state index contributed by atoms with van der Waals surface area (Å²) in [6.45, 7) is 2.13. The summed E-state index contributed by atoms with van der Waals surface area (Å²) in [6, 6.07) is 12.5. The predicted molar refractivity (Wildman–Crippen MR) is 133 cm³/mol. The van der Waals surface area contributed by atoms with Crippen molar-refractivity contribution in [2.45, 2.75) is 30.8 Å². The molecule has 4 rings (SSSR count). The molecule has 0 saturated carbocycles. The Hall–Kier alpha value is -4.21. The van der Waals surface area contributed by atoms with Crippen LogP contribution in [0.5, 0.6) is 5.75 Å². The number of hydrogen-bond acceptors (Lipinski definition) is 8. The fraction of sp³-hybridized carbons (Fsp3) is 0.280. The van der Waals surface area contributed by atoms with Gasteiger partial charge in [0.25, 0.3) is 5.91 Å². The number of hydrogen-bond donors (Lipinski definition) is 1. The molecule has 2 heterocycles. The smallest absolute Gasteiger partial charge is 0.422 e. The molecule has 0 radical (unpaired) electrons. The normalized spacial score (nSPS) is 15.6. The number of ether oxygens (including phenoxy) is 2. The first-order valence-corrected chi connectivity index (χ1v) is 12.9. The van der Waals surface area contributed by atoms with Gasteiger partial charge in [-0.15, -0.1) is 0 Å². The number of aromatic nitrogens is 1. The molecular formula is C25H24N4O7S. The largest absolute Gasteiger partial charge is 0.495 e. The highest BCUT2D eigenvalue weighted by atomic mass is 32.2. The fourth-order valence-electron chi connectivity index (χ4n) is 4.19. The van der Waals surface area contributed by atoms with Crippen LogP contribution >= 0.6 is 0 Å². The number of carbonyl (C=O) groups excluding carboxylic acids is 3. The van der Waals surface area contributed by atoms with Crippen molar-refractivity contribution in [3.05, 3.63) is 53.7 Å². The van der Waals surface area contributed by atoms with Crippen molar-refractivity contribution >= 4 is 44.4 Å². The van der Waals surface area contributed by atoms with Gasteiger partial charge in [0.1, 0.15) is 17.5 Å². The van der Waals surface area contributed by atoms with E-state index < -0.39 is 33.9 Å². The number of cyclic esters (lactones) is 1. The van der Waals surface area contributed by atoms with E-state index in [-0.39, 0.29) is 34.1 Å². The second-order valence-corrected chi connectivity index (χ2v) is 10.1. The lowest BCUT2D eigenvalue weighted by molar-refractivity contribution is -0.120. The van der Waals surface area contributed by atoms with Gasteiger partial charge in [-0.1, -0.05) is 31.5 Å². The van der Waals surface area contributed by atoms with Gasteiger partial charge in [-0.05, 0) is 30.7 Å². The van der Waals surface area contributed by atoms with E-state index in [0.717, 1.165) is 12.5 Å². The molecular weight excluding hydrogens is 500 g/mol. The second-order valence-electron chi connectivity index (χ2n) is 8.30. The third-order valence-corrected chi connectivity index (χ3v) is 7.52. The minimum absolute atomic E-state index is 0.0215. The van der Waals surface area contributed by atoms with Crippen LogP contribution in [0.25, 0.3) is 10.9 Å². The summed E-state index contributed by atoms with van der Waals surface area (Å²) in [5, 5.41) is 10.2. The van der Waals surface area contributed by atoms with Gasteiger partial charge in [0.05, 0.1) is 23.3 Å². The van der Waals surface area contributed by atoms with Gasteiger partial charge in [0, 0.05) is 24.5 Å². The maximum absolute atomic E-state index is 13.4. The van der Waals surface area contributed by atoms with Crippen molar-refractivity contribution in [1.82, 2.24) is 9.29 Å². The number of nitrogens with zero attached hydrogens (tertiary/aromatic N) is 3. The highest BCUT2D eigenvalue weighted by Crippen LogP contribution is 2.35. The van der Waals surface area contributed by atoms with E-state index in [1.54, 1.807) is 31.3 Å². The Morgan fingerprint density at radius 2 is 1.95 bits per heavy atom. The minimum atomic E-state index is -3.95. The third-order valence-electron chi connectivity index (χ3n) is 6.06. The maximum Gasteiger partial charge on any atom is 0.422 e. The number of anilines is 1. The van der Waals surface area contributed by atoms with E-state index in [4.69, 9.17) is 9.47 Å². The Morgan fingerprint density at radius 3 is 2.62 bits per heavy atom. The van der Waals surface area contributed by atoms with Crippen molar-refractivity contribution in [1.29, 1.82) is 5.26 Å². The zero-order valence-electron chi connectivity index (χ0n) is 20.3. The monoisotopic (exact) mass is 524 g/mol. The summed E-state index contributed by atoms with van der Waals surface area (Å²) >= 11 is 0. The lowest BCUT2D eigenvalue weighted by Gasteiger charge is -2.17. The SMILES string of the molecule is CCCCNS(=O)(=O)c1ccc(OC)c(N2C(=O)OC(C(=O)c3c(C#N)c4ccccc4n3C)C2=O)c1. The number of rotatable bonds is 9. The average molecular weight is 525 g/mol. The first kappa shape index (κ1) is 25.9. The van der Waals surface area contributed by atoms with E-state index >= 15 is 0 Å². The van der Waals surface area contributed by atoms with Crippen molar-refractivity contribution in [2.24, 2.45) is 7.05 Å². The lowest BCUT2D eigenvalue weighted by atomic mass is 10.1. The quantitative estimate of drug-likeness (QED) is 0.255. The number of carbonyl (C=O) groups is 3. The topological polar surface area (TPSA) is 148 Å². The van der Waals surface area contributed by atoms with Gasteiger partial charge >= 0.3 is 6.09 Å². The Morgan fingerprint density at radius 1 is 1.22 bits per heavy atom. The molecule has 2 amide bonds. The Bertz CT molecular complexity index is 1570. The molecule has 2 aromatic carbocycles. The molecule has 1 unspecified atom stereocenters. The number of methoxy groups -OCH3 is 1. The molecule has 0 aliphatic carbocycles. The van der Waals surface area contributed by atoms with Crippen LogP contribution < -0.4 is 14.4 Å². The number of amides is 2. The first-order chi connectivity index (χ1) is 17.7. The van der Waals surface area contributed by atoms with E-state index in [1.165, 1.54) is 23.8 Å². The molecule has 1 aromatic heterocycles. The zero-order chi connectivity index (χ0) is 26.9. The summed E-state index contributed by atoms with van der Waals surface area (Å²) in [4.78, 5) is 40.0. The highest BCUT2D eigenvalue weighted by molar-refractivity contribution is 7.89. The molecule has 1 atom stereocenters. The summed E-state index contributed by atoms with van der Waals surface area (Å²) in [5.41, 5.74) is 0.365. The minimum Gasteiger partial charge on any atom is -0.495 e. The summed E-state index contributed by atoms with van der Waals surface area (Å²) < 4.78 is 39.8. The van der Waals surface area contributed by atoms with Crippen LogP contribution in [-0.2, 0) is 26.6 Å². The van der Waals surface area contributed by atoms with Crippen LogP contribution in [0.4, 0.5) is 10.5 Å². The van der Waals surface area contributed by atoms with Crippen LogP contribution in [0.2, 0.25) is 0 Å². The fourth-order valence-corrected chi connectivity index (χ4v) is 5.29. The standard InChI is InChI=1S/C25H24N4O7S/c1-4-5-12-27-37(33,34)15-10-11-20(35-3)19(13-15)29-24(31)23(36-25(29)32)22(30)21-17(14-26)16-8-6-7-9-18(16)28(21)2/h6-11,13,23,27H,4-5,12H2,1-3H3. The van der Waals surface area contributed by atoms with Crippen LogP contribution in [0.15, 0.2) is 47.4 Å². The number of imide groups is 1. The number of ketones is 1. The number of nitrogens with one attached hydrogen (secondary N) is 1. The lowest BCUT2D eigenvalue weighted by Crippen LogP contribution is -2.36. The molecule has 0 bridgehead atoms. The molecule has 12 heteroatoms. The van der Waals surface area contributed by atoms with E-state index in [9.17, 15) is 28.1 Å². The van der Waals surface area contributed by atoms with E-state index in [2.05, 4.69) is 4.72 Å².